The standard InChI is InChI=1S/C28H52N10O11/c1-12(2)9-17(24(45)34-16(7-6-8-32-28(30)31)23(44)38-20(15(5)41)27(48)49)35-25(46)19(11-40)37-26(47)18(10-39)36-22(43)14(4)33-21(42)13(3)29/h12-20,39-41H,6-11,29H2,1-5H3,(H,33,42)(H,34,45)(H,35,46)(H,36,43)(H,37,47)(H,38,44)(H,48,49)(H4,30,31,32)/t13-,14-,15+,16-,17-,18-,19-,20-/m0/s1. The minimum atomic E-state index is -1.70. The predicted octanol–water partition coefficient (Wildman–Crippen LogP) is -6.19. The maximum Gasteiger partial charge on any atom is 0.328 e. The number of amides is 6. The van der Waals surface area contributed by atoms with Gasteiger partial charge in [0.25, 0.3) is 0 Å². The molecule has 280 valence electrons. The third-order valence-electron chi connectivity index (χ3n) is 6.76. The van der Waals surface area contributed by atoms with E-state index in [0.717, 1.165) is 6.92 Å². The predicted molar refractivity (Wildman–Crippen MR) is 174 cm³/mol. The first-order valence-corrected chi connectivity index (χ1v) is 15.5. The summed E-state index contributed by atoms with van der Waals surface area (Å²) in [7, 11) is 0. The maximum atomic E-state index is 13.4. The number of aliphatic hydroxyl groups excluding tert-OH is 3. The summed E-state index contributed by atoms with van der Waals surface area (Å²) in [5, 5.41) is 52.4. The third kappa shape index (κ3) is 16.9. The van der Waals surface area contributed by atoms with Crippen LogP contribution in [-0.4, -0.2) is 136 Å². The normalized spacial score (nSPS) is 15.9. The molecule has 0 aliphatic rings. The molecule has 6 amide bonds. The molecule has 0 saturated heterocycles. The molecule has 0 rings (SSSR count). The van der Waals surface area contributed by atoms with E-state index >= 15 is 0 Å². The second kappa shape index (κ2) is 22.1. The van der Waals surface area contributed by atoms with Crippen molar-refractivity contribution in [2.24, 2.45) is 28.1 Å². The quantitative estimate of drug-likeness (QED) is 0.0283. The molecular formula is C28H52N10O11. The topological polar surface area (TPSA) is 363 Å². The summed E-state index contributed by atoms with van der Waals surface area (Å²) in [4.78, 5) is 91.9. The number of nitrogens with zero attached hydrogens (tertiary/aromatic N) is 1. The second-order valence-electron chi connectivity index (χ2n) is 11.8. The molecule has 21 nitrogen and oxygen atoms in total. The number of aliphatic imine (C=N–C) groups is 1. The van der Waals surface area contributed by atoms with Gasteiger partial charge in [-0.05, 0) is 46.0 Å². The zero-order chi connectivity index (χ0) is 38.0. The van der Waals surface area contributed by atoms with Gasteiger partial charge in [-0.3, -0.25) is 33.8 Å². The number of nitrogens with two attached hydrogens (primary N) is 3. The molecule has 0 saturated carbocycles. The van der Waals surface area contributed by atoms with Crippen LogP contribution in [0.1, 0.15) is 53.9 Å². The molecule has 0 fully saturated rings. The summed E-state index contributed by atoms with van der Waals surface area (Å²) in [6.07, 6.45) is -1.40. The Hall–Kier alpha value is -4.60. The van der Waals surface area contributed by atoms with Gasteiger partial charge >= 0.3 is 5.97 Å². The zero-order valence-electron chi connectivity index (χ0n) is 28.3. The highest BCUT2D eigenvalue weighted by atomic mass is 16.4. The van der Waals surface area contributed by atoms with Gasteiger partial charge in [0.05, 0.1) is 25.4 Å². The number of carbonyl (C=O) groups is 7. The number of aliphatic hydroxyl groups is 3. The van der Waals surface area contributed by atoms with Crippen molar-refractivity contribution in [2.75, 3.05) is 19.8 Å². The van der Waals surface area contributed by atoms with Gasteiger partial charge in [-0.25, -0.2) is 4.79 Å². The number of hydrogen-bond acceptors (Lipinski definition) is 12. The summed E-state index contributed by atoms with van der Waals surface area (Å²) in [5.41, 5.74) is 16.1. The first kappa shape index (κ1) is 44.4. The van der Waals surface area contributed by atoms with Crippen LogP contribution in [0.3, 0.4) is 0 Å². The van der Waals surface area contributed by atoms with E-state index in [9.17, 15) is 54.0 Å². The van der Waals surface area contributed by atoms with Crippen LogP contribution in [0.2, 0.25) is 0 Å². The molecule has 0 aromatic carbocycles. The molecule has 49 heavy (non-hydrogen) atoms. The van der Waals surface area contributed by atoms with Gasteiger partial charge in [0, 0.05) is 6.54 Å². The third-order valence-corrected chi connectivity index (χ3v) is 6.76. The van der Waals surface area contributed by atoms with E-state index in [1.54, 1.807) is 13.8 Å². The molecular weight excluding hydrogens is 652 g/mol. The van der Waals surface area contributed by atoms with Crippen molar-refractivity contribution < 1.29 is 54.0 Å². The van der Waals surface area contributed by atoms with E-state index in [2.05, 4.69) is 36.9 Å². The molecule has 0 bridgehead atoms. The number of rotatable bonds is 22. The number of carboxylic acid groups (broad SMARTS) is 1. The Morgan fingerprint density at radius 2 is 1.10 bits per heavy atom. The zero-order valence-corrected chi connectivity index (χ0v) is 28.3. The lowest BCUT2D eigenvalue weighted by molar-refractivity contribution is -0.145. The fraction of sp³-hybridized carbons (Fsp3) is 0.714. The van der Waals surface area contributed by atoms with Crippen molar-refractivity contribution in [2.45, 2.75) is 102 Å². The fourth-order valence-electron chi connectivity index (χ4n) is 4.03. The molecule has 0 heterocycles. The largest absolute Gasteiger partial charge is 0.480 e. The average Bonchev–Trinajstić information content (AvgIpc) is 3.00. The lowest BCUT2D eigenvalue weighted by atomic mass is 10.0. The van der Waals surface area contributed by atoms with Crippen molar-refractivity contribution >= 4 is 47.4 Å². The SMILES string of the molecule is CC(C)C[C@H](NC(=O)[C@H](CO)NC(=O)[C@H](CO)NC(=O)[C@H](C)NC(=O)[C@H](C)N)C(=O)N[C@@H](CCCN=C(N)N)C(=O)N[C@H](C(=O)O)[C@@H](C)O. The smallest absolute Gasteiger partial charge is 0.328 e. The van der Waals surface area contributed by atoms with Crippen molar-refractivity contribution in [3.63, 3.8) is 0 Å². The molecule has 0 radical (unpaired) electrons. The number of hydrogen-bond donors (Lipinski definition) is 13. The number of nitrogens with one attached hydrogen (secondary N) is 6. The van der Waals surface area contributed by atoms with E-state index in [1.807, 2.05) is 0 Å². The van der Waals surface area contributed by atoms with E-state index in [1.165, 1.54) is 13.8 Å². The summed E-state index contributed by atoms with van der Waals surface area (Å²) in [5.74, 6) is -7.41. The minimum absolute atomic E-state index is 0.0117. The molecule has 0 spiro atoms. The molecule has 0 aromatic rings. The van der Waals surface area contributed by atoms with Gasteiger partial charge in [0.2, 0.25) is 35.4 Å². The van der Waals surface area contributed by atoms with E-state index in [0.29, 0.717) is 0 Å². The summed E-state index contributed by atoms with van der Waals surface area (Å²) >= 11 is 0. The number of carboxylic acids is 1. The summed E-state index contributed by atoms with van der Waals surface area (Å²) < 4.78 is 0. The Morgan fingerprint density at radius 3 is 1.53 bits per heavy atom. The Balaban J connectivity index is 5.86. The van der Waals surface area contributed by atoms with Crippen molar-refractivity contribution in [1.82, 2.24) is 31.9 Å². The van der Waals surface area contributed by atoms with Gasteiger partial charge < -0.3 is 69.5 Å². The highest BCUT2D eigenvalue weighted by Gasteiger charge is 2.33. The van der Waals surface area contributed by atoms with Crippen LogP contribution in [0.15, 0.2) is 4.99 Å². The van der Waals surface area contributed by atoms with Crippen LogP contribution in [0.5, 0.6) is 0 Å². The number of carbonyl (C=O) groups excluding carboxylic acids is 6. The van der Waals surface area contributed by atoms with Crippen LogP contribution < -0.4 is 49.1 Å². The van der Waals surface area contributed by atoms with Crippen LogP contribution in [0, 0.1) is 5.92 Å². The van der Waals surface area contributed by atoms with Gasteiger partial charge in [-0.15, -0.1) is 0 Å². The highest BCUT2D eigenvalue weighted by Crippen LogP contribution is 2.08. The number of guanidine groups is 1. The molecule has 0 aliphatic heterocycles. The van der Waals surface area contributed by atoms with Crippen LogP contribution in [0.4, 0.5) is 0 Å². The highest BCUT2D eigenvalue weighted by molar-refractivity contribution is 5.97. The van der Waals surface area contributed by atoms with E-state index in [-0.39, 0.29) is 37.7 Å². The molecule has 21 heteroatoms. The lowest BCUT2D eigenvalue weighted by Crippen LogP contribution is -2.61. The molecule has 16 N–H and O–H groups in total. The molecule has 8 atom stereocenters. The average molecular weight is 705 g/mol. The van der Waals surface area contributed by atoms with Crippen LogP contribution in [0.25, 0.3) is 0 Å². The van der Waals surface area contributed by atoms with Gasteiger partial charge in [-0.1, -0.05) is 13.8 Å². The van der Waals surface area contributed by atoms with Crippen LogP contribution in [-0.2, 0) is 33.6 Å². The molecule has 0 aliphatic carbocycles. The lowest BCUT2D eigenvalue weighted by Gasteiger charge is -2.27. The van der Waals surface area contributed by atoms with E-state index < -0.39 is 103 Å². The molecule has 0 unspecified atom stereocenters. The summed E-state index contributed by atoms with van der Waals surface area (Å²) in [6.45, 7) is 5.47. The van der Waals surface area contributed by atoms with Gasteiger partial charge in [0.1, 0.15) is 30.2 Å². The fourth-order valence-corrected chi connectivity index (χ4v) is 4.03. The Morgan fingerprint density at radius 1 is 0.653 bits per heavy atom. The van der Waals surface area contributed by atoms with Crippen molar-refractivity contribution in [3.8, 4) is 0 Å². The first-order chi connectivity index (χ1) is 22.7. The molecule has 0 aromatic heterocycles. The Bertz CT molecular complexity index is 1180. The maximum absolute atomic E-state index is 13.4. The number of aliphatic carboxylic acids is 1. The monoisotopic (exact) mass is 704 g/mol. The van der Waals surface area contributed by atoms with E-state index in [4.69, 9.17) is 17.2 Å². The first-order valence-electron chi connectivity index (χ1n) is 15.5. The minimum Gasteiger partial charge on any atom is -0.480 e. The van der Waals surface area contributed by atoms with Crippen molar-refractivity contribution in [3.05, 3.63) is 0 Å². The Labute approximate surface area is 283 Å². The Kier molecular flexibility index (Phi) is 20.0. The summed E-state index contributed by atoms with van der Waals surface area (Å²) in [6, 6.07) is -9.74. The van der Waals surface area contributed by atoms with Crippen molar-refractivity contribution in [1.29, 1.82) is 0 Å². The van der Waals surface area contributed by atoms with Crippen LogP contribution >= 0.6 is 0 Å². The second-order valence-corrected chi connectivity index (χ2v) is 11.8. The van der Waals surface area contributed by atoms with Gasteiger partial charge in [0.15, 0.2) is 12.0 Å². The van der Waals surface area contributed by atoms with Gasteiger partial charge in [-0.2, -0.15) is 0 Å².